The quantitative estimate of drug-likeness (QED) is 0.861. The second kappa shape index (κ2) is 5.67. The fourth-order valence-electron chi connectivity index (χ4n) is 1.91. The second-order valence-corrected chi connectivity index (χ2v) is 4.69. The van der Waals surface area contributed by atoms with Gasteiger partial charge in [-0.2, -0.15) is 0 Å². The van der Waals surface area contributed by atoms with Crippen LogP contribution in [-0.2, 0) is 9.53 Å². The average Bonchev–Trinajstić information content (AvgIpc) is 2.44. The van der Waals surface area contributed by atoms with E-state index in [4.69, 9.17) is 21.1 Å². The van der Waals surface area contributed by atoms with Crippen molar-refractivity contribution in [2.45, 2.75) is 13.0 Å². The summed E-state index contributed by atoms with van der Waals surface area (Å²) in [7, 11) is 1.28. The Morgan fingerprint density at radius 3 is 2.79 bits per heavy atom. The van der Waals surface area contributed by atoms with E-state index in [2.05, 4.69) is 4.74 Å². The van der Waals surface area contributed by atoms with Gasteiger partial charge in [0.15, 0.2) is 11.5 Å². The van der Waals surface area contributed by atoms with E-state index in [9.17, 15) is 9.90 Å². The molecule has 0 fully saturated rings. The molecule has 0 saturated heterocycles. The number of carbonyl (C=O) groups excluding carboxylic acids is 1. The van der Waals surface area contributed by atoms with Gasteiger partial charge in [0.25, 0.3) is 0 Å². The van der Waals surface area contributed by atoms with E-state index in [-0.39, 0.29) is 0 Å². The number of aliphatic hydroxyl groups is 1. The standard InChI is InChI=1S/C13H15ClO5/c1-7(13(16)17-2)11(15)8-5-9(14)12-10(6-8)18-3-4-19-12/h5-7,11,15H,3-4H2,1-2H3. The summed E-state index contributed by atoms with van der Waals surface area (Å²) in [5.74, 6) is -0.235. The Labute approximate surface area is 116 Å². The number of methoxy groups -OCH3 is 1. The van der Waals surface area contributed by atoms with Crippen molar-refractivity contribution in [3.63, 3.8) is 0 Å². The molecule has 0 aromatic heterocycles. The Hall–Kier alpha value is -1.46. The zero-order valence-electron chi connectivity index (χ0n) is 10.7. The Kier molecular flexibility index (Phi) is 4.17. The maximum Gasteiger partial charge on any atom is 0.311 e. The van der Waals surface area contributed by atoms with E-state index in [0.717, 1.165) is 0 Å². The molecule has 1 heterocycles. The smallest absolute Gasteiger partial charge is 0.311 e. The fraction of sp³-hybridized carbons (Fsp3) is 0.462. The number of ether oxygens (including phenoxy) is 3. The highest BCUT2D eigenvalue weighted by Gasteiger charge is 2.27. The lowest BCUT2D eigenvalue weighted by Gasteiger charge is -2.23. The first-order chi connectivity index (χ1) is 9.04. The number of fused-ring (bicyclic) bond motifs is 1. The minimum atomic E-state index is -1.01. The van der Waals surface area contributed by atoms with Crippen LogP contribution in [-0.4, -0.2) is 31.4 Å². The molecular formula is C13H15ClO5. The van der Waals surface area contributed by atoms with Gasteiger partial charge < -0.3 is 19.3 Å². The third-order valence-electron chi connectivity index (χ3n) is 3.01. The third-order valence-corrected chi connectivity index (χ3v) is 3.29. The molecule has 2 atom stereocenters. The Bertz CT molecular complexity index is 488. The van der Waals surface area contributed by atoms with Crippen molar-refractivity contribution < 1.29 is 24.1 Å². The van der Waals surface area contributed by atoms with Gasteiger partial charge in [-0.15, -0.1) is 0 Å². The number of hydrogen-bond donors (Lipinski definition) is 1. The zero-order chi connectivity index (χ0) is 14.0. The summed E-state index contributed by atoms with van der Waals surface area (Å²) in [5, 5.41) is 10.5. The molecular weight excluding hydrogens is 272 g/mol. The van der Waals surface area contributed by atoms with Crippen molar-refractivity contribution in [3.05, 3.63) is 22.7 Å². The van der Waals surface area contributed by atoms with Crippen molar-refractivity contribution in [2.24, 2.45) is 5.92 Å². The van der Waals surface area contributed by atoms with Crippen LogP contribution in [0, 0.1) is 5.92 Å². The normalized spacial score (nSPS) is 16.6. The van der Waals surface area contributed by atoms with Gasteiger partial charge in [0.05, 0.1) is 24.2 Å². The molecule has 19 heavy (non-hydrogen) atoms. The molecule has 0 saturated carbocycles. The Morgan fingerprint density at radius 2 is 2.11 bits per heavy atom. The van der Waals surface area contributed by atoms with Crippen LogP contribution in [0.2, 0.25) is 5.02 Å². The van der Waals surface area contributed by atoms with Gasteiger partial charge in [0.1, 0.15) is 13.2 Å². The fourth-order valence-corrected chi connectivity index (χ4v) is 2.18. The van der Waals surface area contributed by atoms with E-state index in [1.54, 1.807) is 19.1 Å². The van der Waals surface area contributed by atoms with E-state index in [1.165, 1.54) is 7.11 Å². The second-order valence-electron chi connectivity index (χ2n) is 4.28. The van der Waals surface area contributed by atoms with Gasteiger partial charge in [-0.3, -0.25) is 4.79 Å². The number of rotatable bonds is 3. The van der Waals surface area contributed by atoms with Crippen LogP contribution >= 0.6 is 11.6 Å². The molecule has 0 aliphatic carbocycles. The van der Waals surface area contributed by atoms with Crippen molar-refractivity contribution in [3.8, 4) is 11.5 Å². The van der Waals surface area contributed by atoms with E-state index >= 15 is 0 Å². The number of benzene rings is 1. The van der Waals surface area contributed by atoms with Crippen LogP contribution in [0.3, 0.4) is 0 Å². The maximum absolute atomic E-state index is 11.4. The molecule has 0 radical (unpaired) electrons. The monoisotopic (exact) mass is 286 g/mol. The molecule has 0 bridgehead atoms. The summed E-state index contributed by atoms with van der Waals surface area (Å²) >= 11 is 6.08. The van der Waals surface area contributed by atoms with Crippen LogP contribution in [0.4, 0.5) is 0 Å². The van der Waals surface area contributed by atoms with E-state index < -0.39 is 18.0 Å². The van der Waals surface area contributed by atoms with Crippen molar-refractivity contribution in [1.29, 1.82) is 0 Å². The summed E-state index contributed by atoms with van der Waals surface area (Å²) in [6.07, 6.45) is -1.01. The third kappa shape index (κ3) is 2.77. The van der Waals surface area contributed by atoms with Gasteiger partial charge in [-0.1, -0.05) is 11.6 Å². The predicted molar refractivity (Wildman–Crippen MR) is 68.6 cm³/mol. The molecule has 0 spiro atoms. The largest absolute Gasteiger partial charge is 0.486 e. The highest BCUT2D eigenvalue weighted by Crippen LogP contribution is 2.40. The molecule has 6 heteroatoms. The van der Waals surface area contributed by atoms with Gasteiger partial charge >= 0.3 is 5.97 Å². The Balaban J connectivity index is 2.30. The van der Waals surface area contributed by atoms with Gasteiger partial charge in [0.2, 0.25) is 0 Å². The highest BCUT2D eigenvalue weighted by atomic mass is 35.5. The molecule has 2 unspecified atom stereocenters. The first-order valence-electron chi connectivity index (χ1n) is 5.89. The van der Waals surface area contributed by atoms with Crippen LogP contribution in [0.25, 0.3) is 0 Å². The lowest BCUT2D eigenvalue weighted by molar-refractivity contribution is -0.148. The van der Waals surface area contributed by atoms with Crippen molar-refractivity contribution >= 4 is 17.6 Å². The summed E-state index contributed by atoms with van der Waals surface area (Å²) in [5.41, 5.74) is 0.493. The van der Waals surface area contributed by atoms with Crippen LogP contribution in [0.15, 0.2) is 12.1 Å². The molecule has 5 nitrogen and oxygen atoms in total. The minimum absolute atomic E-state index is 0.350. The zero-order valence-corrected chi connectivity index (χ0v) is 11.4. The SMILES string of the molecule is COC(=O)C(C)C(O)c1cc(Cl)c2c(c1)OCCO2. The molecule has 2 rings (SSSR count). The average molecular weight is 287 g/mol. The van der Waals surface area contributed by atoms with Gasteiger partial charge in [-0.05, 0) is 24.6 Å². The van der Waals surface area contributed by atoms with Gasteiger partial charge in [-0.25, -0.2) is 0 Å². The summed E-state index contributed by atoms with van der Waals surface area (Å²) in [6, 6.07) is 3.20. The minimum Gasteiger partial charge on any atom is -0.486 e. The first-order valence-corrected chi connectivity index (χ1v) is 6.27. The Morgan fingerprint density at radius 1 is 1.42 bits per heavy atom. The lowest BCUT2D eigenvalue weighted by atomic mass is 9.97. The number of carbonyl (C=O) groups is 1. The van der Waals surface area contributed by atoms with Crippen molar-refractivity contribution in [1.82, 2.24) is 0 Å². The van der Waals surface area contributed by atoms with Crippen LogP contribution < -0.4 is 9.47 Å². The molecule has 1 aromatic carbocycles. The number of halogens is 1. The van der Waals surface area contributed by atoms with Crippen LogP contribution in [0.1, 0.15) is 18.6 Å². The maximum atomic E-state index is 11.4. The molecule has 1 aromatic rings. The molecule has 1 aliphatic rings. The van der Waals surface area contributed by atoms with E-state index in [0.29, 0.717) is 35.3 Å². The van der Waals surface area contributed by atoms with E-state index in [1.807, 2.05) is 0 Å². The predicted octanol–water partition coefficient (Wildman–Crippen LogP) is 1.95. The summed E-state index contributed by atoms with van der Waals surface area (Å²) in [6.45, 7) is 2.45. The summed E-state index contributed by atoms with van der Waals surface area (Å²) in [4.78, 5) is 11.4. The van der Waals surface area contributed by atoms with Gasteiger partial charge in [0, 0.05) is 0 Å². The highest BCUT2D eigenvalue weighted by molar-refractivity contribution is 6.32. The number of esters is 1. The molecule has 1 aliphatic heterocycles. The first kappa shape index (κ1) is 14.0. The molecule has 1 N–H and O–H groups in total. The molecule has 0 amide bonds. The van der Waals surface area contributed by atoms with Crippen LogP contribution in [0.5, 0.6) is 11.5 Å². The number of aliphatic hydroxyl groups excluding tert-OH is 1. The summed E-state index contributed by atoms with van der Waals surface area (Å²) < 4.78 is 15.4. The number of hydrogen-bond acceptors (Lipinski definition) is 5. The van der Waals surface area contributed by atoms with Crippen molar-refractivity contribution in [2.75, 3.05) is 20.3 Å². The lowest BCUT2D eigenvalue weighted by Crippen LogP contribution is -2.21. The topological polar surface area (TPSA) is 65.0 Å². The molecule has 104 valence electrons.